The third-order valence-electron chi connectivity index (χ3n) is 3.19. The maximum absolute atomic E-state index is 13.4. The molecular formula is C17H15F8P. The smallest absolute Gasteiger partial charge is 0.200 e. The molecule has 2 aromatic carbocycles. The van der Waals surface area contributed by atoms with Gasteiger partial charge in [-0.05, 0) is 24.5 Å². The summed E-state index contributed by atoms with van der Waals surface area (Å²) in [5, 5.41) is 0. The van der Waals surface area contributed by atoms with E-state index in [1.54, 1.807) is 0 Å². The number of benzene rings is 2. The molecular weight excluding hydrogens is 387 g/mol. The van der Waals surface area contributed by atoms with Crippen molar-refractivity contribution in [3.05, 3.63) is 58.7 Å². The Bertz CT molecular complexity index is 743. The summed E-state index contributed by atoms with van der Waals surface area (Å²) in [5.74, 6) is -17.6. The van der Waals surface area contributed by atoms with Gasteiger partial charge in [-0.3, -0.25) is 0 Å². The molecule has 0 bridgehead atoms. The van der Waals surface area contributed by atoms with E-state index in [9.17, 15) is 35.1 Å². The van der Waals surface area contributed by atoms with Gasteiger partial charge in [-0.25, -0.2) is 35.1 Å². The Morgan fingerprint density at radius 3 is 1.58 bits per heavy atom. The van der Waals surface area contributed by atoms with E-state index in [-0.39, 0.29) is 0 Å². The normalized spacial score (nSPS) is 11.0. The van der Waals surface area contributed by atoms with E-state index in [1.807, 2.05) is 0 Å². The monoisotopic (exact) mass is 402 g/mol. The van der Waals surface area contributed by atoms with Gasteiger partial charge in [0.1, 0.15) is 0 Å². The van der Waals surface area contributed by atoms with Crippen LogP contribution in [0.5, 0.6) is 0 Å². The van der Waals surface area contributed by atoms with Crippen molar-refractivity contribution in [2.75, 3.05) is 12.3 Å². The standard InChI is InChI=1S/C12H2F8.C5H13P/c13-4-2-1-3(6(14)7(4)15)5-8(16)10(18)12(20)11(19)9(5)17;1-3-5-6-4-2/h1-2H;6H,3-5H2,1-2H3. The van der Waals surface area contributed by atoms with Crippen LogP contribution in [0.1, 0.15) is 20.3 Å². The van der Waals surface area contributed by atoms with E-state index in [1.165, 1.54) is 27.3 Å². The molecule has 0 aliphatic heterocycles. The highest BCUT2D eigenvalue weighted by molar-refractivity contribution is 7.37. The first kappa shape index (κ1) is 22.4. The maximum Gasteiger partial charge on any atom is 0.200 e. The lowest BCUT2D eigenvalue weighted by molar-refractivity contribution is 0.380. The molecule has 0 aliphatic rings. The van der Waals surface area contributed by atoms with Gasteiger partial charge in [0.25, 0.3) is 0 Å². The molecule has 0 nitrogen and oxygen atoms in total. The first-order chi connectivity index (χ1) is 12.2. The molecule has 1 atom stereocenters. The molecule has 1 unspecified atom stereocenters. The minimum absolute atomic E-state index is 0.297. The van der Waals surface area contributed by atoms with Crippen LogP contribution in [0.15, 0.2) is 12.1 Å². The molecule has 26 heavy (non-hydrogen) atoms. The molecule has 0 saturated carbocycles. The van der Waals surface area contributed by atoms with Crippen molar-refractivity contribution in [2.24, 2.45) is 0 Å². The van der Waals surface area contributed by atoms with Crippen LogP contribution < -0.4 is 0 Å². The molecule has 0 radical (unpaired) electrons. The molecule has 0 aliphatic carbocycles. The van der Waals surface area contributed by atoms with Gasteiger partial charge in [0.05, 0.1) is 5.56 Å². The molecule has 0 spiro atoms. The summed E-state index contributed by atoms with van der Waals surface area (Å²) in [4.78, 5) is 0. The molecule has 0 fully saturated rings. The Kier molecular flexibility index (Phi) is 8.47. The summed E-state index contributed by atoms with van der Waals surface area (Å²) in [7, 11) is 1.21. The number of hydrogen-bond acceptors (Lipinski definition) is 0. The average Bonchev–Trinajstić information content (AvgIpc) is 2.63. The zero-order valence-electron chi connectivity index (χ0n) is 13.8. The zero-order chi connectivity index (χ0) is 20.0. The first-order valence-corrected chi connectivity index (χ1v) is 8.96. The van der Waals surface area contributed by atoms with Crippen LogP contribution in [-0.4, -0.2) is 12.3 Å². The number of halogens is 8. The van der Waals surface area contributed by atoms with Gasteiger partial charge in [0.2, 0.25) is 5.82 Å². The fourth-order valence-corrected chi connectivity index (χ4v) is 2.62. The predicted molar refractivity (Wildman–Crippen MR) is 85.6 cm³/mol. The molecule has 0 heterocycles. The number of hydrogen-bond donors (Lipinski definition) is 0. The topological polar surface area (TPSA) is 0 Å². The van der Waals surface area contributed by atoms with Crippen LogP contribution in [0.2, 0.25) is 0 Å². The summed E-state index contributed by atoms with van der Waals surface area (Å²) >= 11 is 0. The minimum atomic E-state index is -2.44. The summed E-state index contributed by atoms with van der Waals surface area (Å²) in [6, 6.07) is 0.665. The molecule has 0 saturated heterocycles. The van der Waals surface area contributed by atoms with Crippen molar-refractivity contribution < 1.29 is 35.1 Å². The van der Waals surface area contributed by atoms with E-state index in [2.05, 4.69) is 13.8 Å². The van der Waals surface area contributed by atoms with Crippen molar-refractivity contribution >= 4 is 8.58 Å². The largest absolute Gasteiger partial charge is 0.204 e. The Morgan fingerprint density at radius 1 is 0.654 bits per heavy atom. The van der Waals surface area contributed by atoms with Gasteiger partial charge < -0.3 is 0 Å². The van der Waals surface area contributed by atoms with Crippen molar-refractivity contribution in [3.8, 4) is 11.1 Å². The van der Waals surface area contributed by atoms with Gasteiger partial charge in [0.15, 0.2) is 40.7 Å². The van der Waals surface area contributed by atoms with Crippen LogP contribution >= 0.6 is 8.58 Å². The summed E-state index contributed by atoms with van der Waals surface area (Å²) in [6.07, 6.45) is 4.19. The Labute approximate surface area is 147 Å². The van der Waals surface area contributed by atoms with Gasteiger partial charge in [-0.1, -0.05) is 20.3 Å². The van der Waals surface area contributed by atoms with Crippen LogP contribution in [0.25, 0.3) is 11.1 Å². The van der Waals surface area contributed by atoms with E-state index < -0.39 is 57.7 Å². The third kappa shape index (κ3) is 4.72. The molecule has 0 N–H and O–H groups in total. The summed E-state index contributed by atoms with van der Waals surface area (Å²) in [5.41, 5.74) is -2.95. The molecule has 0 amide bonds. The Hall–Kier alpha value is -1.69. The lowest BCUT2D eigenvalue weighted by atomic mass is 10.0. The highest BCUT2D eigenvalue weighted by Gasteiger charge is 2.29. The third-order valence-corrected chi connectivity index (χ3v) is 4.54. The lowest BCUT2D eigenvalue weighted by Gasteiger charge is -2.09. The Balaban J connectivity index is 0.000000487. The van der Waals surface area contributed by atoms with E-state index in [0.29, 0.717) is 12.1 Å². The van der Waals surface area contributed by atoms with Gasteiger partial charge in [-0.15, -0.1) is 8.58 Å². The minimum Gasteiger partial charge on any atom is -0.204 e. The second kappa shape index (κ2) is 9.86. The summed E-state index contributed by atoms with van der Waals surface area (Å²) in [6.45, 7) is 4.48. The van der Waals surface area contributed by atoms with Crippen molar-refractivity contribution in [1.82, 2.24) is 0 Å². The highest BCUT2D eigenvalue weighted by atomic mass is 31.1. The highest BCUT2D eigenvalue weighted by Crippen LogP contribution is 2.34. The molecule has 0 aromatic heterocycles. The van der Waals surface area contributed by atoms with E-state index in [0.717, 1.165) is 0 Å². The van der Waals surface area contributed by atoms with Gasteiger partial charge in [0, 0.05) is 5.56 Å². The van der Waals surface area contributed by atoms with E-state index in [4.69, 9.17) is 0 Å². The molecule has 2 rings (SSSR count). The molecule has 144 valence electrons. The van der Waals surface area contributed by atoms with Crippen molar-refractivity contribution in [2.45, 2.75) is 20.3 Å². The quantitative estimate of drug-likeness (QED) is 0.179. The van der Waals surface area contributed by atoms with Gasteiger partial charge >= 0.3 is 0 Å². The SMILES string of the molecule is CCCPCC.Fc1ccc(-c2c(F)c(F)c(F)c(F)c2F)c(F)c1F. The molecule has 9 heteroatoms. The first-order valence-electron chi connectivity index (χ1n) is 7.54. The fourth-order valence-electron chi connectivity index (χ4n) is 1.91. The lowest BCUT2D eigenvalue weighted by Crippen LogP contribution is -2.06. The predicted octanol–water partition coefficient (Wildman–Crippen LogP) is 6.56. The number of rotatable bonds is 4. The zero-order valence-corrected chi connectivity index (χ0v) is 14.8. The van der Waals surface area contributed by atoms with Crippen LogP contribution in [0, 0.1) is 46.5 Å². The van der Waals surface area contributed by atoms with Crippen LogP contribution in [-0.2, 0) is 0 Å². The fraction of sp³-hybridized carbons (Fsp3) is 0.294. The maximum atomic E-state index is 13.4. The van der Waals surface area contributed by atoms with Crippen LogP contribution in [0.3, 0.4) is 0 Å². The van der Waals surface area contributed by atoms with Crippen LogP contribution in [0.4, 0.5) is 35.1 Å². The van der Waals surface area contributed by atoms with Gasteiger partial charge in [-0.2, -0.15) is 0 Å². The van der Waals surface area contributed by atoms with Crippen molar-refractivity contribution in [1.29, 1.82) is 0 Å². The second-order valence-corrected chi connectivity index (χ2v) is 6.73. The second-order valence-electron chi connectivity index (χ2n) is 5.02. The Morgan fingerprint density at radius 2 is 1.15 bits per heavy atom. The van der Waals surface area contributed by atoms with E-state index >= 15 is 0 Å². The summed E-state index contributed by atoms with van der Waals surface area (Å²) < 4.78 is 105. The average molecular weight is 402 g/mol. The van der Waals surface area contributed by atoms with Crippen molar-refractivity contribution in [3.63, 3.8) is 0 Å². The molecule has 2 aromatic rings.